The number of carbonyl (C=O) groups excluding carboxylic acids is 2. The molecule has 5 aromatic rings. The van der Waals surface area contributed by atoms with E-state index < -0.39 is 11.4 Å². The van der Waals surface area contributed by atoms with Gasteiger partial charge in [0.2, 0.25) is 5.91 Å². The van der Waals surface area contributed by atoms with Crippen molar-refractivity contribution in [2.45, 2.75) is 45.9 Å². The molecule has 3 heterocycles. The third-order valence-corrected chi connectivity index (χ3v) is 9.29. The van der Waals surface area contributed by atoms with Gasteiger partial charge in [0, 0.05) is 65.2 Å². The van der Waals surface area contributed by atoms with E-state index >= 15 is 0 Å². The number of rotatable bonds is 10. The summed E-state index contributed by atoms with van der Waals surface area (Å²) in [4.78, 5) is 31.9. The van der Waals surface area contributed by atoms with Gasteiger partial charge in [-0.1, -0.05) is 36.9 Å². The lowest BCUT2D eigenvalue weighted by Gasteiger charge is -2.31. The van der Waals surface area contributed by atoms with Gasteiger partial charge in [0.1, 0.15) is 23.8 Å². The van der Waals surface area contributed by atoms with Crippen molar-refractivity contribution in [1.82, 2.24) is 15.2 Å². The van der Waals surface area contributed by atoms with Crippen molar-refractivity contribution in [3.8, 4) is 39.4 Å². The number of nitrogens with one attached hydrogen (secondary N) is 1. The van der Waals surface area contributed by atoms with Gasteiger partial charge >= 0.3 is 6.09 Å². The Morgan fingerprint density at radius 2 is 1.84 bits per heavy atom. The summed E-state index contributed by atoms with van der Waals surface area (Å²) in [5.41, 5.74) is 7.38. The molecule has 10 heteroatoms. The first-order chi connectivity index (χ1) is 24.0. The molecule has 0 aliphatic carbocycles. The first kappa shape index (κ1) is 34.8. The molecule has 1 aliphatic heterocycles. The number of carbonyl (C=O) groups is 2. The third-order valence-electron chi connectivity index (χ3n) is 8.36. The van der Waals surface area contributed by atoms with Gasteiger partial charge < -0.3 is 24.4 Å². The number of pyridine rings is 1. The van der Waals surface area contributed by atoms with Crippen LogP contribution in [0.4, 0.5) is 9.18 Å². The van der Waals surface area contributed by atoms with Crippen LogP contribution in [0, 0.1) is 5.82 Å². The Bertz CT molecular complexity index is 2070. The highest BCUT2D eigenvalue weighted by molar-refractivity contribution is 7.18. The van der Waals surface area contributed by atoms with E-state index in [-0.39, 0.29) is 18.6 Å². The van der Waals surface area contributed by atoms with E-state index in [1.54, 1.807) is 29.4 Å². The smallest absolute Gasteiger partial charge is 0.410 e. The molecule has 0 saturated heterocycles. The molecule has 0 bridgehead atoms. The Kier molecular flexibility index (Phi) is 10.3. The molecule has 50 heavy (non-hydrogen) atoms. The number of fused-ring (bicyclic) bond motifs is 2. The van der Waals surface area contributed by atoms with Gasteiger partial charge in [-0.15, -0.1) is 11.3 Å². The summed E-state index contributed by atoms with van der Waals surface area (Å²) in [5.74, 6) is -0.276. The number of benzene rings is 3. The second kappa shape index (κ2) is 14.8. The van der Waals surface area contributed by atoms with E-state index in [9.17, 15) is 14.0 Å². The number of amides is 2. The molecule has 1 aliphatic rings. The molecule has 0 spiro atoms. The van der Waals surface area contributed by atoms with Crippen molar-refractivity contribution in [3.63, 3.8) is 0 Å². The van der Waals surface area contributed by atoms with Gasteiger partial charge in [-0.25, -0.2) is 14.2 Å². The zero-order chi connectivity index (χ0) is 35.4. The Morgan fingerprint density at radius 1 is 1.02 bits per heavy atom. The maximum absolute atomic E-state index is 14.7. The van der Waals surface area contributed by atoms with E-state index in [0.717, 1.165) is 49.2 Å². The number of ether oxygens (including phenoxy) is 3. The molecule has 2 amide bonds. The fourth-order valence-corrected chi connectivity index (χ4v) is 6.99. The Labute approximate surface area is 295 Å². The predicted molar refractivity (Wildman–Crippen MR) is 196 cm³/mol. The maximum Gasteiger partial charge on any atom is 0.410 e. The first-order valence-electron chi connectivity index (χ1n) is 16.5. The lowest BCUT2D eigenvalue weighted by atomic mass is 9.92. The lowest BCUT2D eigenvalue weighted by molar-refractivity contribution is -0.116. The first-order valence-corrected chi connectivity index (χ1v) is 17.3. The van der Waals surface area contributed by atoms with Gasteiger partial charge in [-0.3, -0.25) is 4.79 Å². The molecule has 2 aromatic heterocycles. The van der Waals surface area contributed by atoms with Crippen molar-refractivity contribution in [2.75, 3.05) is 26.9 Å². The van der Waals surface area contributed by atoms with Crippen LogP contribution in [0.3, 0.4) is 0 Å². The minimum Gasteiger partial charge on any atom is -0.490 e. The van der Waals surface area contributed by atoms with Gasteiger partial charge in [-0.2, -0.15) is 0 Å². The average Bonchev–Trinajstić information content (AvgIpc) is 3.59. The number of aromatic nitrogens is 1. The van der Waals surface area contributed by atoms with Crippen molar-refractivity contribution in [2.24, 2.45) is 0 Å². The van der Waals surface area contributed by atoms with Crippen LogP contribution in [0.2, 0.25) is 0 Å². The quantitative estimate of drug-likeness (QED) is 0.117. The molecule has 1 N–H and O–H groups in total. The van der Waals surface area contributed by atoms with E-state index in [4.69, 9.17) is 19.2 Å². The van der Waals surface area contributed by atoms with Crippen LogP contribution >= 0.6 is 11.3 Å². The van der Waals surface area contributed by atoms with Crippen LogP contribution in [-0.2, 0) is 33.8 Å². The highest BCUT2D eigenvalue weighted by atomic mass is 32.1. The van der Waals surface area contributed by atoms with Gasteiger partial charge in [0.25, 0.3) is 0 Å². The van der Waals surface area contributed by atoms with Crippen molar-refractivity contribution in [3.05, 3.63) is 107 Å². The SMILES string of the molecule is C=CC(=O)NCc1cccc(-c2nc(-c3ccc4c(c3)CCN(C(=O)OC(C)(C)C)C4)c3ccsc3c2-c2ccc(F)cc2OCCOC)c1. The molecular weight excluding hydrogens is 654 g/mol. The lowest BCUT2D eigenvalue weighted by Crippen LogP contribution is -2.39. The second-order valence-electron chi connectivity index (χ2n) is 13.1. The second-order valence-corrected chi connectivity index (χ2v) is 14.0. The predicted octanol–water partition coefficient (Wildman–Crippen LogP) is 8.56. The molecule has 0 fully saturated rings. The van der Waals surface area contributed by atoms with E-state index in [2.05, 4.69) is 36.2 Å². The van der Waals surface area contributed by atoms with Crippen LogP contribution in [0.15, 0.2) is 84.8 Å². The third kappa shape index (κ3) is 7.72. The van der Waals surface area contributed by atoms with Crippen LogP contribution in [0.1, 0.15) is 37.5 Å². The molecule has 3 aromatic carbocycles. The van der Waals surface area contributed by atoms with Crippen LogP contribution in [0.5, 0.6) is 5.75 Å². The summed E-state index contributed by atoms with van der Waals surface area (Å²) >= 11 is 1.59. The number of hydrogen-bond acceptors (Lipinski definition) is 7. The van der Waals surface area contributed by atoms with E-state index in [1.165, 1.54) is 18.2 Å². The Morgan fingerprint density at radius 3 is 2.62 bits per heavy atom. The molecule has 6 rings (SSSR count). The monoisotopic (exact) mass is 693 g/mol. The fourth-order valence-electron chi connectivity index (χ4n) is 6.03. The van der Waals surface area contributed by atoms with Gasteiger partial charge in [-0.05, 0) is 85.7 Å². The van der Waals surface area contributed by atoms with Crippen molar-refractivity contribution < 1.29 is 28.2 Å². The molecule has 0 saturated carbocycles. The minimum atomic E-state index is -0.563. The summed E-state index contributed by atoms with van der Waals surface area (Å²) in [6.45, 7) is 11.1. The van der Waals surface area contributed by atoms with Crippen LogP contribution < -0.4 is 10.1 Å². The number of thiophene rings is 1. The van der Waals surface area contributed by atoms with Gasteiger partial charge in [0.15, 0.2) is 0 Å². The standard InChI is InChI=1S/C40H40FN3O5S/c1-6-34(45)42-23-25-8-7-9-27(20-25)37-35(31-13-12-30(41)22-33(31)48-18-17-47-5)38-32(15-19-50-38)36(43-37)28-10-11-29-24-44(16-14-26(29)21-28)39(46)49-40(2,3)4/h6-13,15,19-22H,1,14,16-18,23-24H2,2-5H3,(H,42,45). The van der Waals surface area contributed by atoms with Crippen LogP contribution in [0.25, 0.3) is 43.7 Å². The van der Waals surface area contributed by atoms with Crippen LogP contribution in [-0.4, -0.2) is 54.4 Å². The average molecular weight is 694 g/mol. The maximum atomic E-state index is 14.7. The molecule has 258 valence electrons. The fraction of sp³-hybridized carbons (Fsp3) is 0.275. The number of nitrogens with zero attached hydrogens (tertiary/aromatic N) is 2. The van der Waals surface area contributed by atoms with Crippen molar-refractivity contribution in [1.29, 1.82) is 0 Å². The topological polar surface area (TPSA) is 90.0 Å². The minimum absolute atomic E-state index is 0.250. The molecule has 8 nitrogen and oxygen atoms in total. The zero-order valence-corrected chi connectivity index (χ0v) is 29.5. The molecule has 0 atom stereocenters. The molecule has 0 unspecified atom stereocenters. The summed E-state index contributed by atoms with van der Waals surface area (Å²) in [6.07, 6.45) is 1.62. The molecular formula is C40H40FN3O5S. The normalized spacial score (nSPS) is 12.8. The number of halogens is 1. The largest absolute Gasteiger partial charge is 0.490 e. The zero-order valence-electron chi connectivity index (χ0n) is 28.7. The summed E-state index contributed by atoms with van der Waals surface area (Å²) in [6, 6.07) is 20.8. The van der Waals surface area contributed by atoms with Crippen molar-refractivity contribution >= 4 is 33.4 Å². The van der Waals surface area contributed by atoms with Gasteiger partial charge in [0.05, 0.1) is 18.0 Å². The Hall–Kier alpha value is -5.06. The van der Waals surface area contributed by atoms with E-state index in [0.29, 0.717) is 49.7 Å². The number of hydrogen-bond donors (Lipinski definition) is 1. The van der Waals surface area contributed by atoms with E-state index in [1.807, 2.05) is 50.4 Å². The number of methoxy groups -OCH3 is 1. The summed E-state index contributed by atoms with van der Waals surface area (Å²) in [5, 5.41) is 5.85. The molecule has 0 radical (unpaired) electrons. The summed E-state index contributed by atoms with van der Waals surface area (Å²) < 4.78 is 32.5. The Balaban J connectivity index is 1.48. The highest BCUT2D eigenvalue weighted by Gasteiger charge is 2.27. The summed E-state index contributed by atoms with van der Waals surface area (Å²) in [7, 11) is 1.59. The highest BCUT2D eigenvalue weighted by Crippen LogP contribution is 2.46.